The lowest BCUT2D eigenvalue weighted by Gasteiger charge is -2.02. The van der Waals surface area contributed by atoms with Crippen LogP contribution >= 0.6 is 23.2 Å². The quantitative estimate of drug-likeness (QED) is 0.726. The lowest BCUT2D eigenvalue weighted by molar-refractivity contribution is 0.623. The summed E-state index contributed by atoms with van der Waals surface area (Å²) in [5.41, 5.74) is 2.26. The number of oxazole rings is 1. The van der Waals surface area contributed by atoms with Crippen molar-refractivity contribution in [3.63, 3.8) is 0 Å². The second kappa shape index (κ2) is 4.52. The highest BCUT2D eigenvalue weighted by Gasteiger charge is 2.06. The third kappa shape index (κ3) is 2.28. The zero-order valence-corrected chi connectivity index (χ0v) is 10.7. The molecule has 18 heavy (non-hydrogen) atoms. The molecule has 3 nitrogen and oxygen atoms in total. The Kier molecular flexibility index (Phi) is 2.86. The van der Waals surface area contributed by atoms with Gasteiger partial charge in [0.05, 0.1) is 0 Å². The standard InChI is InChI=1S/C13H8Cl2N2O/c14-8-5-9(15)7-10(6-8)16-13-17-11-3-1-2-4-12(11)18-13/h1-7H,(H,16,17). The minimum absolute atomic E-state index is 0.412. The molecule has 0 amide bonds. The van der Waals surface area contributed by atoms with Crippen LogP contribution in [-0.4, -0.2) is 4.98 Å². The van der Waals surface area contributed by atoms with Crippen molar-refractivity contribution in [3.05, 3.63) is 52.5 Å². The van der Waals surface area contributed by atoms with Gasteiger partial charge in [0.15, 0.2) is 5.58 Å². The number of rotatable bonds is 2. The Morgan fingerprint density at radius 2 is 1.72 bits per heavy atom. The fourth-order valence-electron chi connectivity index (χ4n) is 1.68. The van der Waals surface area contributed by atoms with Crippen molar-refractivity contribution in [2.75, 3.05) is 5.32 Å². The average Bonchev–Trinajstić information content (AvgIpc) is 2.69. The third-order valence-corrected chi connectivity index (χ3v) is 2.84. The number of hydrogen-bond donors (Lipinski definition) is 1. The summed E-state index contributed by atoms with van der Waals surface area (Å²) in [7, 11) is 0. The summed E-state index contributed by atoms with van der Waals surface area (Å²) < 4.78 is 5.54. The number of hydrogen-bond acceptors (Lipinski definition) is 3. The fourth-order valence-corrected chi connectivity index (χ4v) is 2.20. The molecule has 90 valence electrons. The normalized spacial score (nSPS) is 10.8. The van der Waals surface area contributed by atoms with E-state index < -0.39 is 0 Å². The van der Waals surface area contributed by atoms with Crippen molar-refractivity contribution in [2.24, 2.45) is 0 Å². The number of aromatic nitrogens is 1. The van der Waals surface area contributed by atoms with Gasteiger partial charge in [0, 0.05) is 15.7 Å². The summed E-state index contributed by atoms with van der Waals surface area (Å²) in [6, 6.07) is 13.1. The first-order valence-electron chi connectivity index (χ1n) is 5.29. The van der Waals surface area contributed by atoms with E-state index in [4.69, 9.17) is 27.6 Å². The first-order chi connectivity index (χ1) is 8.70. The Bertz CT molecular complexity index is 656. The van der Waals surface area contributed by atoms with Crippen LogP contribution in [0.2, 0.25) is 10.0 Å². The van der Waals surface area contributed by atoms with Gasteiger partial charge in [-0.2, -0.15) is 4.98 Å². The van der Waals surface area contributed by atoms with Crippen molar-refractivity contribution < 1.29 is 4.42 Å². The Labute approximate surface area is 113 Å². The molecule has 1 aromatic heterocycles. The molecule has 0 radical (unpaired) electrons. The topological polar surface area (TPSA) is 38.1 Å². The molecule has 1 heterocycles. The molecule has 0 aliphatic rings. The van der Waals surface area contributed by atoms with E-state index in [1.807, 2.05) is 24.3 Å². The Hall–Kier alpha value is -1.71. The molecule has 0 bridgehead atoms. The van der Waals surface area contributed by atoms with Crippen LogP contribution < -0.4 is 5.32 Å². The van der Waals surface area contributed by atoms with E-state index in [1.165, 1.54) is 0 Å². The second-order valence-corrected chi connectivity index (χ2v) is 4.64. The molecule has 0 unspecified atom stereocenters. The summed E-state index contributed by atoms with van der Waals surface area (Å²) in [6.07, 6.45) is 0. The molecule has 5 heteroatoms. The van der Waals surface area contributed by atoms with Crippen LogP contribution in [0.15, 0.2) is 46.9 Å². The minimum Gasteiger partial charge on any atom is -0.423 e. The zero-order chi connectivity index (χ0) is 12.5. The monoisotopic (exact) mass is 278 g/mol. The Balaban J connectivity index is 1.96. The van der Waals surface area contributed by atoms with Gasteiger partial charge in [-0.05, 0) is 30.3 Å². The van der Waals surface area contributed by atoms with Crippen molar-refractivity contribution in [1.29, 1.82) is 0 Å². The Morgan fingerprint density at radius 1 is 1.00 bits per heavy atom. The molecule has 3 aromatic rings. The molecule has 1 N–H and O–H groups in total. The first-order valence-corrected chi connectivity index (χ1v) is 6.05. The van der Waals surface area contributed by atoms with Crippen molar-refractivity contribution >= 4 is 46.0 Å². The van der Waals surface area contributed by atoms with E-state index in [1.54, 1.807) is 18.2 Å². The molecular weight excluding hydrogens is 271 g/mol. The molecule has 0 atom stereocenters. The lowest BCUT2D eigenvalue weighted by Crippen LogP contribution is -1.89. The van der Waals surface area contributed by atoms with Gasteiger partial charge < -0.3 is 9.73 Å². The summed E-state index contributed by atoms with van der Waals surface area (Å²) in [5.74, 6) is 0. The number of fused-ring (bicyclic) bond motifs is 1. The predicted molar refractivity (Wildman–Crippen MR) is 73.8 cm³/mol. The van der Waals surface area contributed by atoms with Crippen LogP contribution in [-0.2, 0) is 0 Å². The molecule has 2 aromatic carbocycles. The average molecular weight is 279 g/mol. The van der Waals surface area contributed by atoms with Crippen molar-refractivity contribution in [3.8, 4) is 0 Å². The van der Waals surface area contributed by atoms with Gasteiger partial charge >= 0.3 is 0 Å². The maximum absolute atomic E-state index is 5.92. The van der Waals surface area contributed by atoms with E-state index in [9.17, 15) is 0 Å². The zero-order valence-electron chi connectivity index (χ0n) is 9.15. The molecule has 0 saturated carbocycles. The van der Waals surface area contributed by atoms with E-state index in [-0.39, 0.29) is 0 Å². The highest BCUT2D eigenvalue weighted by atomic mass is 35.5. The predicted octanol–water partition coefficient (Wildman–Crippen LogP) is 4.88. The van der Waals surface area contributed by atoms with Gasteiger partial charge in [-0.3, -0.25) is 0 Å². The van der Waals surface area contributed by atoms with Gasteiger partial charge in [0.25, 0.3) is 6.01 Å². The highest BCUT2D eigenvalue weighted by molar-refractivity contribution is 6.35. The van der Waals surface area contributed by atoms with E-state index in [0.717, 1.165) is 16.8 Å². The number of benzene rings is 2. The number of para-hydroxylation sites is 2. The van der Waals surface area contributed by atoms with Gasteiger partial charge in [-0.1, -0.05) is 35.3 Å². The van der Waals surface area contributed by atoms with Crippen LogP contribution in [0, 0.1) is 0 Å². The minimum atomic E-state index is 0.412. The maximum Gasteiger partial charge on any atom is 0.300 e. The lowest BCUT2D eigenvalue weighted by atomic mass is 10.3. The molecule has 0 spiro atoms. The van der Waals surface area contributed by atoms with Gasteiger partial charge in [0.1, 0.15) is 5.52 Å². The first kappa shape index (κ1) is 11.4. The molecule has 3 rings (SSSR count). The van der Waals surface area contributed by atoms with Gasteiger partial charge in [-0.25, -0.2) is 0 Å². The van der Waals surface area contributed by atoms with Gasteiger partial charge in [0.2, 0.25) is 0 Å². The maximum atomic E-state index is 5.92. The summed E-state index contributed by atoms with van der Waals surface area (Å²) in [5, 5.41) is 4.14. The van der Waals surface area contributed by atoms with Crippen LogP contribution in [0.25, 0.3) is 11.1 Å². The van der Waals surface area contributed by atoms with Crippen LogP contribution in [0.3, 0.4) is 0 Å². The largest absolute Gasteiger partial charge is 0.423 e. The van der Waals surface area contributed by atoms with Crippen molar-refractivity contribution in [2.45, 2.75) is 0 Å². The SMILES string of the molecule is Clc1cc(Cl)cc(Nc2nc3ccccc3o2)c1. The summed E-state index contributed by atoms with van der Waals surface area (Å²) >= 11 is 11.8. The molecule has 0 aliphatic heterocycles. The summed E-state index contributed by atoms with van der Waals surface area (Å²) in [6.45, 7) is 0. The number of halogens is 2. The Morgan fingerprint density at radius 3 is 2.44 bits per heavy atom. The molecule has 0 saturated heterocycles. The second-order valence-electron chi connectivity index (χ2n) is 3.77. The summed E-state index contributed by atoms with van der Waals surface area (Å²) in [4.78, 5) is 4.30. The van der Waals surface area contributed by atoms with Crippen LogP contribution in [0.5, 0.6) is 0 Å². The van der Waals surface area contributed by atoms with Crippen LogP contribution in [0.4, 0.5) is 11.7 Å². The third-order valence-electron chi connectivity index (χ3n) is 2.41. The van der Waals surface area contributed by atoms with Crippen LogP contribution in [0.1, 0.15) is 0 Å². The van der Waals surface area contributed by atoms with E-state index in [0.29, 0.717) is 16.1 Å². The number of nitrogens with one attached hydrogen (secondary N) is 1. The fraction of sp³-hybridized carbons (Fsp3) is 0. The number of nitrogens with zero attached hydrogens (tertiary/aromatic N) is 1. The van der Waals surface area contributed by atoms with Crippen molar-refractivity contribution in [1.82, 2.24) is 4.98 Å². The van der Waals surface area contributed by atoms with Gasteiger partial charge in [-0.15, -0.1) is 0 Å². The van der Waals surface area contributed by atoms with E-state index >= 15 is 0 Å². The molecule has 0 fully saturated rings. The van der Waals surface area contributed by atoms with E-state index in [2.05, 4.69) is 10.3 Å². The number of anilines is 2. The highest BCUT2D eigenvalue weighted by Crippen LogP contribution is 2.26. The smallest absolute Gasteiger partial charge is 0.300 e. The molecular formula is C13H8Cl2N2O. The molecule has 0 aliphatic carbocycles.